The van der Waals surface area contributed by atoms with Crippen molar-refractivity contribution in [2.24, 2.45) is 5.73 Å². The molecule has 1 saturated heterocycles. The average molecular weight is 289 g/mol. The summed E-state index contributed by atoms with van der Waals surface area (Å²) in [5, 5.41) is 2.07. The topological polar surface area (TPSA) is 46.3 Å². The lowest BCUT2D eigenvalue weighted by molar-refractivity contribution is -0.133. The Morgan fingerprint density at radius 2 is 2.44 bits per heavy atom. The predicted octanol–water partition coefficient (Wildman–Crippen LogP) is 2.96. The van der Waals surface area contributed by atoms with Gasteiger partial charge in [-0.05, 0) is 30.7 Å². The van der Waals surface area contributed by atoms with Gasteiger partial charge >= 0.3 is 0 Å². The lowest BCUT2D eigenvalue weighted by Gasteiger charge is -2.26. The first-order valence-corrected chi connectivity index (χ1v) is 7.21. The highest BCUT2D eigenvalue weighted by Gasteiger charge is 2.32. The third-order valence-corrected chi connectivity index (χ3v) is 4.30. The fourth-order valence-corrected chi connectivity index (χ4v) is 3.33. The molecule has 1 aliphatic rings. The van der Waals surface area contributed by atoms with Crippen LogP contribution in [0.3, 0.4) is 0 Å². The number of halogens is 1. The van der Waals surface area contributed by atoms with Gasteiger partial charge < -0.3 is 10.6 Å². The van der Waals surface area contributed by atoms with Crippen LogP contribution in [0, 0.1) is 0 Å². The van der Waals surface area contributed by atoms with Crippen LogP contribution in [0.5, 0.6) is 0 Å². The summed E-state index contributed by atoms with van der Waals surface area (Å²) in [4.78, 5) is 15.5. The summed E-state index contributed by atoms with van der Waals surface area (Å²) in [5.41, 5.74) is 5.94. The molecule has 0 aliphatic carbocycles. The van der Waals surface area contributed by atoms with Gasteiger partial charge in [-0.15, -0.1) is 23.7 Å². The van der Waals surface area contributed by atoms with Gasteiger partial charge in [0.25, 0.3) is 0 Å². The summed E-state index contributed by atoms with van der Waals surface area (Å²) >= 11 is 1.73. The number of likely N-dealkylation sites (tertiary alicyclic amines) is 1. The van der Waals surface area contributed by atoms with E-state index in [1.807, 2.05) is 11.0 Å². The van der Waals surface area contributed by atoms with E-state index in [0.717, 1.165) is 32.2 Å². The Morgan fingerprint density at radius 3 is 3.06 bits per heavy atom. The van der Waals surface area contributed by atoms with Crippen LogP contribution in [0.1, 0.15) is 43.5 Å². The number of hydrogen-bond acceptors (Lipinski definition) is 3. The summed E-state index contributed by atoms with van der Waals surface area (Å²) in [6.07, 6.45) is 3.91. The van der Waals surface area contributed by atoms with Gasteiger partial charge in [-0.3, -0.25) is 4.79 Å². The van der Waals surface area contributed by atoms with Crippen LogP contribution < -0.4 is 5.73 Å². The van der Waals surface area contributed by atoms with E-state index in [0.29, 0.717) is 0 Å². The van der Waals surface area contributed by atoms with E-state index in [-0.39, 0.29) is 30.4 Å². The van der Waals surface area contributed by atoms with Crippen LogP contribution >= 0.6 is 23.7 Å². The number of hydrogen-bond donors (Lipinski definition) is 1. The molecule has 3 nitrogen and oxygen atoms in total. The fraction of sp³-hybridized carbons (Fsp3) is 0.615. The summed E-state index contributed by atoms with van der Waals surface area (Å²) in [6, 6.07) is 4.12. The molecule has 0 spiro atoms. The summed E-state index contributed by atoms with van der Waals surface area (Å²) in [7, 11) is 0. The fourth-order valence-electron chi connectivity index (χ4n) is 2.45. The normalized spacial score (nSPS) is 20.6. The Bertz CT molecular complexity index is 369. The standard InChI is InChI=1S/C13H20N2OS.ClH/c1-2-5-10(14)13(16)15-8-3-6-11(15)12-7-4-9-17-12;/h4,7,9-11H,2-3,5-6,8,14H2,1H3;1H. The van der Waals surface area contributed by atoms with Crippen molar-refractivity contribution in [2.45, 2.75) is 44.7 Å². The third-order valence-electron chi connectivity index (χ3n) is 3.32. The van der Waals surface area contributed by atoms with Crippen LogP contribution in [0.15, 0.2) is 17.5 Å². The number of rotatable bonds is 4. The molecule has 5 heteroatoms. The molecule has 0 bridgehead atoms. The summed E-state index contributed by atoms with van der Waals surface area (Å²) in [5.74, 6) is 0.128. The van der Waals surface area contributed by atoms with E-state index in [1.54, 1.807) is 11.3 Å². The first kappa shape index (κ1) is 15.5. The first-order valence-electron chi connectivity index (χ1n) is 6.33. The molecule has 1 aromatic rings. The first-order chi connectivity index (χ1) is 8.24. The minimum Gasteiger partial charge on any atom is -0.333 e. The minimum atomic E-state index is -0.319. The van der Waals surface area contributed by atoms with Crippen molar-refractivity contribution in [1.82, 2.24) is 4.90 Å². The molecule has 1 amide bonds. The number of carbonyl (C=O) groups excluding carboxylic acids is 1. The van der Waals surface area contributed by atoms with E-state index in [1.165, 1.54) is 4.88 Å². The van der Waals surface area contributed by atoms with Gasteiger partial charge in [-0.1, -0.05) is 19.4 Å². The van der Waals surface area contributed by atoms with Crippen LogP contribution in [-0.4, -0.2) is 23.4 Å². The molecule has 1 fully saturated rings. The van der Waals surface area contributed by atoms with E-state index in [2.05, 4.69) is 18.4 Å². The average Bonchev–Trinajstić information content (AvgIpc) is 2.98. The molecule has 0 aromatic carbocycles. The lowest BCUT2D eigenvalue weighted by atomic mass is 10.1. The molecular formula is C13H21ClN2OS. The molecule has 2 atom stereocenters. The van der Waals surface area contributed by atoms with Gasteiger partial charge in [0.1, 0.15) is 0 Å². The second kappa shape index (κ2) is 7.12. The highest BCUT2D eigenvalue weighted by Crippen LogP contribution is 2.34. The molecule has 2 rings (SSSR count). The molecule has 1 aromatic heterocycles. The molecule has 2 unspecified atom stereocenters. The molecule has 1 aliphatic heterocycles. The van der Waals surface area contributed by atoms with E-state index in [9.17, 15) is 4.79 Å². The quantitative estimate of drug-likeness (QED) is 0.926. The maximum atomic E-state index is 12.2. The van der Waals surface area contributed by atoms with E-state index in [4.69, 9.17) is 5.73 Å². The SMILES string of the molecule is CCCC(N)C(=O)N1CCCC1c1cccs1.Cl. The third kappa shape index (κ3) is 3.25. The van der Waals surface area contributed by atoms with Crippen LogP contribution in [0.2, 0.25) is 0 Å². The summed E-state index contributed by atoms with van der Waals surface area (Å²) in [6.45, 7) is 2.92. The number of thiophene rings is 1. The number of amides is 1. The van der Waals surface area contributed by atoms with E-state index < -0.39 is 0 Å². The largest absolute Gasteiger partial charge is 0.333 e. The van der Waals surface area contributed by atoms with Gasteiger partial charge in [0, 0.05) is 11.4 Å². The smallest absolute Gasteiger partial charge is 0.240 e. The zero-order valence-electron chi connectivity index (χ0n) is 10.7. The van der Waals surface area contributed by atoms with Crippen molar-refractivity contribution in [3.63, 3.8) is 0 Å². The Balaban J connectivity index is 0.00000162. The van der Waals surface area contributed by atoms with Gasteiger partial charge in [0.15, 0.2) is 0 Å². The zero-order chi connectivity index (χ0) is 12.3. The predicted molar refractivity (Wildman–Crippen MR) is 78.1 cm³/mol. The second-order valence-corrected chi connectivity index (χ2v) is 5.58. The zero-order valence-corrected chi connectivity index (χ0v) is 12.3. The van der Waals surface area contributed by atoms with Crippen molar-refractivity contribution in [3.8, 4) is 0 Å². The Labute approximate surface area is 119 Å². The summed E-state index contributed by atoms with van der Waals surface area (Å²) < 4.78 is 0. The Hall–Kier alpha value is -0.580. The molecule has 0 saturated carbocycles. The van der Waals surface area contributed by atoms with Crippen molar-refractivity contribution < 1.29 is 4.79 Å². The molecule has 2 N–H and O–H groups in total. The highest BCUT2D eigenvalue weighted by atomic mass is 35.5. The monoisotopic (exact) mass is 288 g/mol. The van der Waals surface area contributed by atoms with Crippen molar-refractivity contribution >= 4 is 29.7 Å². The molecular weight excluding hydrogens is 268 g/mol. The minimum absolute atomic E-state index is 0. The maximum absolute atomic E-state index is 12.2. The van der Waals surface area contributed by atoms with Gasteiger partial charge in [-0.25, -0.2) is 0 Å². The maximum Gasteiger partial charge on any atom is 0.240 e. The molecule has 102 valence electrons. The molecule has 18 heavy (non-hydrogen) atoms. The number of nitrogens with two attached hydrogens (primary N) is 1. The van der Waals surface area contributed by atoms with Crippen LogP contribution in [0.4, 0.5) is 0 Å². The van der Waals surface area contributed by atoms with Crippen molar-refractivity contribution in [2.75, 3.05) is 6.54 Å². The van der Waals surface area contributed by atoms with E-state index >= 15 is 0 Å². The Kier molecular flexibility index (Phi) is 6.12. The second-order valence-electron chi connectivity index (χ2n) is 4.60. The lowest BCUT2D eigenvalue weighted by Crippen LogP contribution is -2.43. The molecule has 0 radical (unpaired) electrons. The Morgan fingerprint density at radius 1 is 1.67 bits per heavy atom. The van der Waals surface area contributed by atoms with Gasteiger partial charge in [0.05, 0.1) is 12.1 Å². The number of carbonyl (C=O) groups is 1. The van der Waals surface area contributed by atoms with Crippen LogP contribution in [-0.2, 0) is 4.79 Å². The number of nitrogens with zero attached hydrogens (tertiary/aromatic N) is 1. The van der Waals surface area contributed by atoms with Gasteiger partial charge in [0.2, 0.25) is 5.91 Å². The van der Waals surface area contributed by atoms with Gasteiger partial charge in [-0.2, -0.15) is 0 Å². The van der Waals surface area contributed by atoms with Crippen molar-refractivity contribution in [1.29, 1.82) is 0 Å². The highest BCUT2D eigenvalue weighted by molar-refractivity contribution is 7.10. The van der Waals surface area contributed by atoms with Crippen LogP contribution in [0.25, 0.3) is 0 Å². The molecule has 2 heterocycles. The van der Waals surface area contributed by atoms with Crippen molar-refractivity contribution in [3.05, 3.63) is 22.4 Å².